The molecule has 5 rings (SSSR count). The van der Waals surface area contributed by atoms with E-state index in [1.165, 1.54) is 4.90 Å². The number of hydrogen-bond acceptors (Lipinski definition) is 9. The van der Waals surface area contributed by atoms with E-state index < -0.39 is 49.3 Å². The van der Waals surface area contributed by atoms with Crippen LogP contribution in [0.1, 0.15) is 61.8 Å². The Balaban J connectivity index is 1.12. The van der Waals surface area contributed by atoms with Crippen molar-refractivity contribution in [1.82, 2.24) is 10.2 Å². The van der Waals surface area contributed by atoms with E-state index in [-0.39, 0.29) is 37.1 Å². The van der Waals surface area contributed by atoms with Gasteiger partial charge in [0, 0.05) is 17.0 Å². The minimum absolute atomic E-state index is 0.0221. The van der Waals surface area contributed by atoms with Crippen molar-refractivity contribution in [2.75, 3.05) is 19.7 Å². The molecule has 244 valence electrons. The molecule has 0 radical (unpaired) electrons. The van der Waals surface area contributed by atoms with Gasteiger partial charge in [-0.15, -0.1) is 0 Å². The van der Waals surface area contributed by atoms with Crippen LogP contribution in [-0.2, 0) is 16.0 Å². The van der Waals surface area contributed by atoms with Crippen LogP contribution >= 0.6 is 11.6 Å². The SMILES string of the molecule is CC1(NCC(=O)N2C[C@@H](F)C[C@H]2C#N)CCC(Oc2ccc(Cc3cc([C@@H]4O[C@H](CO)[C@@H](O)[C@H](O)[C@H]4O)ccc3Cl)cc2)CC1. The van der Waals surface area contributed by atoms with Crippen molar-refractivity contribution < 1.29 is 39.1 Å². The Hall–Kier alpha value is -2.82. The second kappa shape index (κ2) is 14.3. The Morgan fingerprint density at radius 1 is 1.16 bits per heavy atom. The number of nitrogens with one attached hydrogen (secondary N) is 1. The molecular formula is C33H41ClFN3O7. The average molecular weight is 646 g/mol. The lowest BCUT2D eigenvalue weighted by molar-refractivity contribution is -0.231. The summed E-state index contributed by atoms with van der Waals surface area (Å²) in [6.45, 7) is 1.63. The molecule has 1 aliphatic carbocycles. The maximum atomic E-state index is 13.7. The highest BCUT2D eigenvalue weighted by Crippen LogP contribution is 2.35. The number of nitriles is 1. The lowest BCUT2D eigenvalue weighted by atomic mass is 9.82. The average Bonchev–Trinajstić information content (AvgIpc) is 3.43. The summed E-state index contributed by atoms with van der Waals surface area (Å²) < 4.78 is 25.7. The molecule has 5 N–H and O–H groups in total. The van der Waals surface area contributed by atoms with Crippen LogP contribution in [0.4, 0.5) is 4.39 Å². The molecule has 2 heterocycles. The molecule has 2 aromatic carbocycles. The number of nitrogens with zero attached hydrogens (tertiary/aromatic N) is 2. The smallest absolute Gasteiger partial charge is 0.237 e. The topological polar surface area (TPSA) is 156 Å². The van der Waals surface area contributed by atoms with Crippen LogP contribution in [0.2, 0.25) is 5.02 Å². The Morgan fingerprint density at radius 3 is 2.53 bits per heavy atom. The predicted molar refractivity (Wildman–Crippen MR) is 163 cm³/mol. The molecule has 3 aliphatic rings. The number of carbonyl (C=O) groups is 1. The number of rotatable bonds is 9. The molecule has 0 bridgehead atoms. The summed E-state index contributed by atoms with van der Waals surface area (Å²) in [7, 11) is 0. The Labute approximate surface area is 267 Å². The number of likely N-dealkylation sites (tertiary alicyclic amines) is 1. The van der Waals surface area contributed by atoms with Crippen LogP contribution in [0.25, 0.3) is 0 Å². The van der Waals surface area contributed by atoms with E-state index in [0.29, 0.717) is 17.0 Å². The minimum atomic E-state index is -1.46. The fourth-order valence-corrected chi connectivity index (χ4v) is 6.66. The Kier molecular flexibility index (Phi) is 10.7. The van der Waals surface area contributed by atoms with Gasteiger partial charge in [0.1, 0.15) is 48.5 Å². The number of benzene rings is 2. The number of ether oxygens (including phenoxy) is 2. The standard InChI is InChI=1S/C33H41ClFN3O7/c1-33(37-16-28(40)38-17-22(35)14-23(38)15-36)10-8-25(9-11-33)44-24-5-2-19(3-6-24)12-21-13-20(4-7-26(21)34)32-31(43)30(42)29(41)27(18-39)45-32/h2-7,13,22-23,25,27,29-32,37,39,41-43H,8-12,14,16-18H2,1H3/t22-,23-,25?,27+,29+,30-,31+,32-,33?/m0/s1. The molecule has 7 atom stereocenters. The van der Waals surface area contributed by atoms with Gasteiger partial charge in [0.2, 0.25) is 5.91 Å². The van der Waals surface area contributed by atoms with Crippen LogP contribution in [-0.4, -0.2) is 99.2 Å². The van der Waals surface area contributed by atoms with Crippen molar-refractivity contribution in [2.24, 2.45) is 0 Å². The van der Waals surface area contributed by atoms with Gasteiger partial charge in [0.25, 0.3) is 0 Å². The highest BCUT2D eigenvalue weighted by Gasteiger charge is 2.44. The molecule has 10 nitrogen and oxygen atoms in total. The maximum absolute atomic E-state index is 13.7. The minimum Gasteiger partial charge on any atom is -0.490 e. The van der Waals surface area contributed by atoms with Crippen LogP contribution in [0.15, 0.2) is 42.5 Å². The van der Waals surface area contributed by atoms with Crippen LogP contribution in [0, 0.1) is 11.3 Å². The number of carbonyl (C=O) groups excluding carboxylic acids is 1. The summed E-state index contributed by atoms with van der Waals surface area (Å²) in [6.07, 6.45) is -3.53. The van der Waals surface area contributed by atoms with Crippen molar-refractivity contribution in [3.05, 3.63) is 64.2 Å². The van der Waals surface area contributed by atoms with Gasteiger partial charge < -0.3 is 40.1 Å². The van der Waals surface area contributed by atoms with Gasteiger partial charge in [-0.25, -0.2) is 4.39 Å². The third-order valence-corrected chi connectivity index (χ3v) is 9.70. The van der Waals surface area contributed by atoms with Gasteiger partial charge in [-0.3, -0.25) is 4.79 Å². The number of amides is 1. The lowest BCUT2D eigenvalue weighted by Crippen LogP contribution is -2.55. The van der Waals surface area contributed by atoms with E-state index >= 15 is 0 Å². The number of hydrogen-bond donors (Lipinski definition) is 5. The molecule has 0 unspecified atom stereocenters. The summed E-state index contributed by atoms with van der Waals surface area (Å²) in [4.78, 5) is 14.0. The van der Waals surface area contributed by atoms with Crippen molar-refractivity contribution in [1.29, 1.82) is 5.26 Å². The fourth-order valence-electron chi connectivity index (χ4n) is 6.48. The number of aliphatic hydroxyl groups excluding tert-OH is 4. The molecule has 2 saturated heterocycles. The van der Waals surface area contributed by atoms with Gasteiger partial charge in [0.05, 0.1) is 31.9 Å². The first kappa shape index (κ1) is 33.5. The highest BCUT2D eigenvalue weighted by molar-refractivity contribution is 6.31. The van der Waals surface area contributed by atoms with E-state index in [4.69, 9.17) is 21.1 Å². The second-order valence-corrected chi connectivity index (χ2v) is 13.1. The Bertz CT molecular complexity index is 1370. The molecule has 3 fully saturated rings. The highest BCUT2D eigenvalue weighted by atomic mass is 35.5. The number of alkyl halides is 1. The third-order valence-electron chi connectivity index (χ3n) is 9.33. The molecule has 2 aliphatic heterocycles. The Morgan fingerprint density at radius 2 is 1.87 bits per heavy atom. The first-order valence-corrected chi connectivity index (χ1v) is 15.8. The largest absolute Gasteiger partial charge is 0.490 e. The van der Waals surface area contributed by atoms with E-state index in [9.17, 15) is 34.9 Å². The number of aliphatic hydroxyl groups is 4. The zero-order valence-electron chi connectivity index (χ0n) is 25.2. The van der Waals surface area contributed by atoms with Gasteiger partial charge in [-0.05, 0) is 73.9 Å². The molecule has 2 aromatic rings. The molecule has 45 heavy (non-hydrogen) atoms. The van der Waals surface area contributed by atoms with E-state index in [2.05, 4.69) is 12.2 Å². The van der Waals surface area contributed by atoms with Crippen molar-refractivity contribution in [2.45, 2.75) is 99.8 Å². The maximum Gasteiger partial charge on any atom is 0.237 e. The summed E-state index contributed by atoms with van der Waals surface area (Å²) in [5.41, 5.74) is 2.09. The molecule has 0 aromatic heterocycles. The van der Waals surface area contributed by atoms with Crippen molar-refractivity contribution in [3.63, 3.8) is 0 Å². The van der Waals surface area contributed by atoms with Crippen molar-refractivity contribution >= 4 is 17.5 Å². The lowest BCUT2D eigenvalue weighted by Gasteiger charge is -2.40. The first-order valence-electron chi connectivity index (χ1n) is 15.4. The second-order valence-electron chi connectivity index (χ2n) is 12.7. The quantitative estimate of drug-likeness (QED) is 0.277. The summed E-state index contributed by atoms with van der Waals surface area (Å²) in [5, 5.41) is 53.4. The summed E-state index contributed by atoms with van der Waals surface area (Å²) in [6, 6.07) is 14.2. The summed E-state index contributed by atoms with van der Waals surface area (Å²) in [5.74, 6) is 0.497. The normalized spacial score (nSPS) is 33.5. The van der Waals surface area contributed by atoms with Crippen LogP contribution in [0.5, 0.6) is 5.75 Å². The fraction of sp³-hybridized carbons (Fsp3) is 0.576. The first-order chi connectivity index (χ1) is 21.5. The van der Waals surface area contributed by atoms with E-state index in [1.807, 2.05) is 30.3 Å². The zero-order chi connectivity index (χ0) is 32.3. The third kappa shape index (κ3) is 7.77. The molecule has 0 spiro atoms. The number of halogens is 2. The van der Waals surface area contributed by atoms with E-state index in [1.54, 1.807) is 18.2 Å². The monoisotopic (exact) mass is 645 g/mol. The van der Waals surface area contributed by atoms with Crippen molar-refractivity contribution in [3.8, 4) is 11.8 Å². The zero-order valence-corrected chi connectivity index (χ0v) is 25.9. The van der Waals surface area contributed by atoms with Crippen LogP contribution in [0.3, 0.4) is 0 Å². The molecule has 1 saturated carbocycles. The van der Waals surface area contributed by atoms with Gasteiger partial charge in [-0.2, -0.15) is 5.26 Å². The molecule has 1 amide bonds. The van der Waals surface area contributed by atoms with Gasteiger partial charge in [0.15, 0.2) is 0 Å². The van der Waals surface area contributed by atoms with E-state index in [0.717, 1.165) is 42.6 Å². The molecular weight excluding hydrogens is 605 g/mol. The summed E-state index contributed by atoms with van der Waals surface area (Å²) >= 11 is 6.49. The predicted octanol–water partition coefficient (Wildman–Crippen LogP) is 2.58. The molecule has 12 heteroatoms. The van der Waals surface area contributed by atoms with Crippen LogP contribution < -0.4 is 10.1 Å². The van der Waals surface area contributed by atoms with Gasteiger partial charge in [-0.1, -0.05) is 35.9 Å². The van der Waals surface area contributed by atoms with Gasteiger partial charge >= 0.3 is 0 Å².